The zero-order valence-electron chi connectivity index (χ0n) is 19.1. The van der Waals surface area contributed by atoms with Crippen molar-refractivity contribution >= 4 is 5.97 Å². The molecule has 0 bridgehead atoms. The Morgan fingerprint density at radius 3 is 2.60 bits per heavy atom. The molecule has 4 rings (SSSR count). The SMILES string of the molecule is COc1cc(C(=O)O[C@@H]2C[C@](C)(O)[C@H]3[C@H](O[C@H]4O[C@H](CO)[C@H](O)[C@@H](O)[C@H]4O)OC=C[C@H]32)ccc1O. The molecule has 1 aromatic carbocycles. The number of aliphatic hydroxyl groups excluding tert-OH is 4. The van der Waals surface area contributed by atoms with Gasteiger partial charge in [0.25, 0.3) is 0 Å². The number of carbonyl (C=O) groups excluding carboxylic acids is 1. The first-order valence-electron chi connectivity index (χ1n) is 11.2. The summed E-state index contributed by atoms with van der Waals surface area (Å²) in [6, 6.07) is 4.03. The third kappa shape index (κ3) is 4.83. The van der Waals surface area contributed by atoms with Crippen LogP contribution in [0.1, 0.15) is 23.7 Å². The Morgan fingerprint density at radius 1 is 1.17 bits per heavy atom. The van der Waals surface area contributed by atoms with Gasteiger partial charge in [0.15, 0.2) is 17.8 Å². The van der Waals surface area contributed by atoms with Gasteiger partial charge in [0.1, 0.15) is 30.5 Å². The maximum Gasteiger partial charge on any atom is 0.338 e. The summed E-state index contributed by atoms with van der Waals surface area (Å²) >= 11 is 0. The Labute approximate surface area is 200 Å². The summed E-state index contributed by atoms with van der Waals surface area (Å²) in [5, 5.41) is 60.6. The number of carbonyl (C=O) groups is 1. The van der Waals surface area contributed by atoms with Gasteiger partial charge < -0.3 is 54.3 Å². The molecule has 6 N–H and O–H groups in total. The number of rotatable bonds is 6. The molecule has 0 aromatic heterocycles. The number of aromatic hydroxyl groups is 1. The quantitative estimate of drug-likeness (QED) is 0.263. The van der Waals surface area contributed by atoms with Crippen LogP contribution in [0.2, 0.25) is 0 Å². The van der Waals surface area contributed by atoms with E-state index in [1.807, 2.05) is 0 Å². The first-order chi connectivity index (χ1) is 16.6. The minimum Gasteiger partial charge on any atom is -0.504 e. The van der Waals surface area contributed by atoms with Crippen LogP contribution in [-0.4, -0.2) is 99.0 Å². The smallest absolute Gasteiger partial charge is 0.338 e. The highest BCUT2D eigenvalue weighted by Crippen LogP contribution is 2.48. The molecule has 10 atom stereocenters. The van der Waals surface area contributed by atoms with Crippen LogP contribution < -0.4 is 4.74 Å². The van der Waals surface area contributed by atoms with Gasteiger partial charge in [-0.3, -0.25) is 0 Å². The summed E-state index contributed by atoms with van der Waals surface area (Å²) in [5.74, 6) is -2.00. The van der Waals surface area contributed by atoms with Crippen LogP contribution in [-0.2, 0) is 18.9 Å². The first kappa shape index (κ1) is 25.6. The third-order valence-electron chi connectivity index (χ3n) is 6.77. The predicted molar refractivity (Wildman–Crippen MR) is 115 cm³/mol. The lowest BCUT2D eigenvalue weighted by Gasteiger charge is -2.43. The van der Waals surface area contributed by atoms with E-state index in [1.54, 1.807) is 6.08 Å². The number of benzene rings is 1. The molecule has 0 unspecified atom stereocenters. The Kier molecular flexibility index (Phi) is 7.25. The molecule has 12 nitrogen and oxygen atoms in total. The van der Waals surface area contributed by atoms with Gasteiger partial charge >= 0.3 is 5.97 Å². The molecule has 1 aliphatic carbocycles. The van der Waals surface area contributed by atoms with Crippen molar-refractivity contribution in [3.8, 4) is 11.5 Å². The van der Waals surface area contributed by atoms with Crippen molar-refractivity contribution in [2.45, 2.75) is 62.0 Å². The Bertz CT molecular complexity index is 946. The number of methoxy groups -OCH3 is 1. The van der Waals surface area contributed by atoms with Crippen molar-refractivity contribution in [3.63, 3.8) is 0 Å². The van der Waals surface area contributed by atoms with Gasteiger partial charge in [-0.25, -0.2) is 4.79 Å². The average Bonchev–Trinajstić information content (AvgIpc) is 3.09. The highest BCUT2D eigenvalue weighted by atomic mass is 16.8. The second-order valence-corrected chi connectivity index (χ2v) is 9.16. The van der Waals surface area contributed by atoms with Gasteiger partial charge in [-0.15, -0.1) is 0 Å². The zero-order valence-corrected chi connectivity index (χ0v) is 19.1. The van der Waals surface area contributed by atoms with Crippen LogP contribution >= 0.6 is 0 Å². The van der Waals surface area contributed by atoms with Crippen molar-refractivity contribution in [3.05, 3.63) is 36.1 Å². The molecule has 1 saturated carbocycles. The molecule has 194 valence electrons. The lowest BCUT2D eigenvalue weighted by Crippen LogP contribution is -2.60. The van der Waals surface area contributed by atoms with Crippen molar-refractivity contribution in [1.29, 1.82) is 0 Å². The van der Waals surface area contributed by atoms with Crippen molar-refractivity contribution in [2.75, 3.05) is 13.7 Å². The number of phenolic OH excluding ortho intramolecular Hbond substituents is 1. The number of fused-ring (bicyclic) bond motifs is 1. The average molecular weight is 498 g/mol. The van der Waals surface area contributed by atoms with Crippen LogP contribution in [0, 0.1) is 11.8 Å². The van der Waals surface area contributed by atoms with Gasteiger partial charge in [0.2, 0.25) is 6.29 Å². The van der Waals surface area contributed by atoms with Crippen molar-refractivity contribution < 1.29 is 59.1 Å². The first-order valence-corrected chi connectivity index (χ1v) is 11.2. The summed E-state index contributed by atoms with van der Waals surface area (Å²) < 4.78 is 27.4. The summed E-state index contributed by atoms with van der Waals surface area (Å²) in [5.41, 5.74) is -1.28. The molecule has 2 aliphatic heterocycles. The van der Waals surface area contributed by atoms with Crippen LogP contribution in [0.3, 0.4) is 0 Å². The second-order valence-electron chi connectivity index (χ2n) is 9.16. The van der Waals surface area contributed by atoms with E-state index < -0.39 is 73.1 Å². The summed E-state index contributed by atoms with van der Waals surface area (Å²) in [7, 11) is 1.35. The summed E-state index contributed by atoms with van der Waals surface area (Å²) in [6.07, 6.45) is -6.40. The highest BCUT2D eigenvalue weighted by molar-refractivity contribution is 5.90. The Hall–Kier alpha value is -2.45. The second kappa shape index (κ2) is 9.90. The van der Waals surface area contributed by atoms with Crippen molar-refractivity contribution in [1.82, 2.24) is 0 Å². The lowest BCUT2D eigenvalue weighted by molar-refractivity contribution is -0.346. The zero-order chi connectivity index (χ0) is 25.5. The van der Waals surface area contributed by atoms with E-state index in [1.165, 1.54) is 38.5 Å². The van der Waals surface area contributed by atoms with E-state index in [-0.39, 0.29) is 23.5 Å². The fourth-order valence-corrected chi connectivity index (χ4v) is 4.90. The maximum atomic E-state index is 12.8. The highest BCUT2D eigenvalue weighted by Gasteiger charge is 2.58. The summed E-state index contributed by atoms with van der Waals surface area (Å²) in [4.78, 5) is 12.8. The minimum atomic E-state index is -1.65. The molecule has 0 spiro atoms. The number of phenols is 1. The molecular formula is C23H30O12. The molecule has 0 amide bonds. The van der Waals surface area contributed by atoms with Gasteiger partial charge in [0.05, 0.1) is 37.1 Å². The number of hydrogen-bond donors (Lipinski definition) is 6. The van der Waals surface area contributed by atoms with Crippen LogP contribution in [0.15, 0.2) is 30.5 Å². The molecule has 1 saturated heterocycles. The number of ether oxygens (including phenoxy) is 5. The van der Waals surface area contributed by atoms with Crippen molar-refractivity contribution in [2.24, 2.45) is 11.8 Å². The molecular weight excluding hydrogens is 468 g/mol. The lowest BCUT2D eigenvalue weighted by atomic mass is 9.85. The molecule has 1 aromatic rings. The maximum absolute atomic E-state index is 12.8. The van der Waals surface area contributed by atoms with E-state index in [2.05, 4.69) is 0 Å². The Morgan fingerprint density at radius 2 is 1.91 bits per heavy atom. The fraction of sp³-hybridized carbons (Fsp3) is 0.609. The van der Waals surface area contributed by atoms with Gasteiger partial charge in [0, 0.05) is 12.3 Å². The molecule has 35 heavy (non-hydrogen) atoms. The summed E-state index contributed by atoms with van der Waals surface area (Å²) in [6.45, 7) is 0.911. The normalized spacial score (nSPS) is 40.6. The molecule has 0 radical (unpaired) electrons. The fourth-order valence-electron chi connectivity index (χ4n) is 4.90. The van der Waals surface area contributed by atoms with Crippen LogP contribution in [0.25, 0.3) is 0 Å². The monoisotopic (exact) mass is 498 g/mol. The van der Waals surface area contributed by atoms with E-state index in [9.17, 15) is 35.4 Å². The van der Waals surface area contributed by atoms with E-state index in [4.69, 9.17) is 23.7 Å². The molecule has 12 heteroatoms. The van der Waals surface area contributed by atoms with E-state index in [0.29, 0.717) is 0 Å². The standard InChI is InChI=1S/C23H30O12/c1-23(30)8-14(33-20(29)10-3-4-12(25)13(7-10)31-2)11-5-6-32-21(16(11)23)35-22-19(28)18(27)17(26)15(9-24)34-22/h3-7,11,14-19,21-22,24-28,30H,8-9H2,1-2H3/t11-,14+,15+,16+,17-,18+,19+,21-,22+,23-/m0/s1. The number of hydrogen-bond acceptors (Lipinski definition) is 12. The van der Waals surface area contributed by atoms with Crippen LogP contribution in [0.5, 0.6) is 11.5 Å². The number of esters is 1. The van der Waals surface area contributed by atoms with Crippen LogP contribution in [0.4, 0.5) is 0 Å². The van der Waals surface area contributed by atoms with E-state index >= 15 is 0 Å². The van der Waals surface area contributed by atoms with E-state index in [0.717, 1.165) is 0 Å². The largest absolute Gasteiger partial charge is 0.504 e. The Balaban J connectivity index is 1.50. The molecule has 3 aliphatic rings. The minimum absolute atomic E-state index is 0.0472. The molecule has 2 fully saturated rings. The molecule has 2 heterocycles. The van der Waals surface area contributed by atoms with Gasteiger partial charge in [-0.2, -0.15) is 0 Å². The third-order valence-corrected chi connectivity index (χ3v) is 6.77. The van der Waals surface area contributed by atoms with Gasteiger partial charge in [-0.1, -0.05) is 0 Å². The number of aliphatic hydroxyl groups is 5. The van der Waals surface area contributed by atoms with Gasteiger partial charge in [-0.05, 0) is 31.2 Å². The predicted octanol–water partition coefficient (Wildman–Crippen LogP) is -1.00. The topological polar surface area (TPSA) is 185 Å².